The van der Waals surface area contributed by atoms with Gasteiger partial charge in [0.2, 0.25) is 0 Å². The van der Waals surface area contributed by atoms with Crippen LogP contribution in [0.4, 0.5) is 0 Å². The second-order valence-electron chi connectivity index (χ2n) is 5.81. The van der Waals surface area contributed by atoms with Gasteiger partial charge >= 0.3 is 0 Å². The fourth-order valence-corrected chi connectivity index (χ4v) is 2.52. The number of hydrogen-bond acceptors (Lipinski definition) is 2. The lowest BCUT2D eigenvalue weighted by Gasteiger charge is -2.29. The lowest BCUT2D eigenvalue weighted by atomic mass is 9.96. The fraction of sp³-hybridized carbons (Fsp3) is 1.00. The van der Waals surface area contributed by atoms with E-state index in [1.807, 2.05) is 0 Å². The van der Waals surface area contributed by atoms with E-state index < -0.39 is 0 Å². The van der Waals surface area contributed by atoms with Crippen LogP contribution in [0.2, 0.25) is 0 Å². The summed E-state index contributed by atoms with van der Waals surface area (Å²) in [5, 5.41) is 3.48. The molecule has 1 N–H and O–H groups in total. The summed E-state index contributed by atoms with van der Waals surface area (Å²) in [6.07, 6.45) is 1.31. The summed E-state index contributed by atoms with van der Waals surface area (Å²) >= 11 is 0. The summed E-state index contributed by atoms with van der Waals surface area (Å²) in [5.74, 6) is 2.50. The monoisotopic (exact) mass is 212 g/mol. The molecule has 1 saturated heterocycles. The Bertz CT molecular complexity index is 179. The number of nitrogens with zero attached hydrogens (tertiary/aromatic N) is 1. The summed E-state index contributed by atoms with van der Waals surface area (Å²) in [7, 11) is 2.28. The van der Waals surface area contributed by atoms with E-state index in [2.05, 4.69) is 45.0 Å². The second-order valence-corrected chi connectivity index (χ2v) is 5.81. The van der Waals surface area contributed by atoms with E-state index in [4.69, 9.17) is 0 Å². The molecule has 1 fully saturated rings. The van der Waals surface area contributed by atoms with Crippen LogP contribution >= 0.6 is 0 Å². The van der Waals surface area contributed by atoms with Gasteiger partial charge in [-0.15, -0.1) is 0 Å². The van der Waals surface area contributed by atoms with Gasteiger partial charge in [0.25, 0.3) is 0 Å². The normalized spacial score (nSPS) is 29.0. The smallest absolute Gasteiger partial charge is 0.00664 e. The first-order chi connectivity index (χ1) is 7.00. The predicted octanol–water partition coefficient (Wildman–Crippen LogP) is 2.21. The summed E-state index contributed by atoms with van der Waals surface area (Å²) in [6, 6.07) is 0.720. The van der Waals surface area contributed by atoms with Crippen molar-refractivity contribution in [1.29, 1.82) is 0 Å². The van der Waals surface area contributed by atoms with Crippen LogP contribution < -0.4 is 5.32 Å². The maximum atomic E-state index is 3.48. The molecule has 1 rings (SSSR count). The van der Waals surface area contributed by atoms with E-state index in [-0.39, 0.29) is 0 Å². The highest BCUT2D eigenvalue weighted by molar-refractivity contribution is 4.81. The Hall–Kier alpha value is -0.0800. The summed E-state index contributed by atoms with van der Waals surface area (Å²) in [6.45, 7) is 13.0. The van der Waals surface area contributed by atoms with Gasteiger partial charge in [-0.1, -0.05) is 20.8 Å². The van der Waals surface area contributed by atoms with Gasteiger partial charge in [0, 0.05) is 12.6 Å². The minimum atomic E-state index is 0.720. The van der Waals surface area contributed by atoms with E-state index in [1.54, 1.807) is 0 Å². The molecular weight excluding hydrogens is 184 g/mol. The Labute approximate surface area is 95.4 Å². The van der Waals surface area contributed by atoms with Crippen LogP contribution in [0.15, 0.2) is 0 Å². The summed E-state index contributed by atoms with van der Waals surface area (Å²) < 4.78 is 0. The van der Waals surface area contributed by atoms with Crippen LogP contribution in [0.3, 0.4) is 0 Å². The molecule has 0 bridgehead atoms. The molecule has 0 amide bonds. The summed E-state index contributed by atoms with van der Waals surface area (Å²) in [5.41, 5.74) is 0. The fourth-order valence-electron chi connectivity index (χ4n) is 2.52. The topological polar surface area (TPSA) is 15.3 Å². The lowest BCUT2D eigenvalue weighted by Crippen LogP contribution is -2.36. The molecule has 90 valence electrons. The second kappa shape index (κ2) is 5.86. The molecule has 3 unspecified atom stereocenters. The molecule has 3 atom stereocenters. The van der Waals surface area contributed by atoms with E-state index in [0.29, 0.717) is 0 Å². The van der Waals surface area contributed by atoms with Crippen LogP contribution in [0, 0.1) is 17.8 Å². The largest absolute Gasteiger partial charge is 0.316 e. The molecule has 1 aliphatic rings. The van der Waals surface area contributed by atoms with E-state index in [9.17, 15) is 0 Å². The van der Waals surface area contributed by atoms with Crippen molar-refractivity contribution in [2.24, 2.45) is 17.8 Å². The SMILES string of the molecule is CC(C)CC(C)N(C)CC1CNCC1C. The molecule has 0 aromatic heterocycles. The van der Waals surface area contributed by atoms with Gasteiger partial charge in [-0.25, -0.2) is 0 Å². The first kappa shape index (κ1) is 13.0. The molecule has 2 nitrogen and oxygen atoms in total. The van der Waals surface area contributed by atoms with Crippen molar-refractivity contribution in [3.8, 4) is 0 Å². The zero-order chi connectivity index (χ0) is 11.4. The molecule has 0 aromatic carbocycles. The lowest BCUT2D eigenvalue weighted by molar-refractivity contribution is 0.187. The zero-order valence-electron chi connectivity index (χ0n) is 11.1. The predicted molar refractivity (Wildman–Crippen MR) is 67.1 cm³/mol. The van der Waals surface area contributed by atoms with E-state index in [1.165, 1.54) is 26.1 Å². The molecule has 0 saturated carbocycles. The Morgan fingerprint density at radius 1 is 1.27 bits per heavy atom. The van der Waals surface area contributed by atoms with Gasteiger partial charge < -0.3 is 10.2 Å². The minimum absolute atomic E-state index is 0.720. The van der Waals surface area contributed by atoms with Crippen molar-refractivity contribution in [2.75, 3.05) is 26.7 Å². The highest BCUT2D eigenvalue weighted by Gasteiger charge is 2.25. The average Bonchev–Trinajstić information content (AvgIpc) is 2.50. The third-order valence-electron chi connectivity index (χ3n) is 3.77. The average molecular weight is 212 g/mol. The highest BCUT2D eigenvalue weighted by Crippen LogP contribution is 2.19. The summed E-state index contributed by atoms with van der Waals surface area (Å²) in [4.78, 5) is 2.54. The van der Waals surface area contributed by atoms with Gasteiger partial charge in [-0.2, -0.15) is 0 Å². The minimum Gasteiger partial charge on any atom is -0.316 e. The Balaban J connectivity index is 2.30. The molecule has 15 heavy (non-hydrogen) atoms. The van der Waals surface area contributed by atoms with Gasteiger partial charge in [-0.05, 0) is 51.2 Å². The number of hydrogen-bond donors (Lipinski definition) is 1. The van der Waals surface area contributed by atoms with Gasteiger partial charge in [0.05, 0.1) is 0 Å². The first-order valence-corrected chi connectivity index (χ1v) is 6.41. The number of rotatable bonds is 5. The molecule has 0 aliphatic carbocycles. The molecule has 1 aliphatic heterocycles. The van der Waals surface area contributed by atoms with Gasteiger partial charge in [-0.3, -0.25) is 0 Å². The molecule has 0 radical (unpaired) electrons. The highest BCUT2D eigenvalue weighted by atomic mass is 15.1. The zero-order valence-corrected chi connectivity index (χ0v) is 11.1. The van der Waals surface area contributed by atoms with Crippen LogP contribution in [-0.4, -0.2) is 37.6 Å². The Morgan fingerprint density at radius 2 is 1.93 bits per heavy atom. The van der Waals surface area contributed by atoms with E-state index in [0.717, 1.165) is 23.8 Å². The molecule has 2 heteroatoms. The van der Waals surface area contributed by atoms with Gasteiger partial charge in [0.1, 0.15) is 0 Å². The van der Waals surface area contributed by atoms with Crippen LogP contribution in [0.5, 0.6) is 0 Å². The van der Waals surface area contributed by atoms with Crippen LogP contribution in [-0.2, 0) is 0 Å². The van der Waals surface area contributed by atoms with Crippen molar-refractivity contribution < 1.29 is 0 Å². The van der Waals surface area contributed by atoms with E-state index >= 15 is 0 Å². The number of nitrogens with one attached hydrogen (secondary N) is 1. The quantitative estimate of drug-likeness (QED) is 0.751. The van der Waals surface area contributed by atoms with Crippen molar-refractivity contribution in [3.63, 3.8) is 0 Å². The van der Waals surface area contributed by atoms with Crippen molar-refractivity contribution in [1.82, 2.24) is 10.2 Å². The van der Waals surface area contributed by atoms with Crippen LogP contribution in [0.1, 0.15) is 34.1 Å². The maximum absolute atomic E-state index is 3.48. The van der Waals surface area contributed by atoms with Crippen molar-refractivity contribution >= 4 is 0 Å². The maximum Gasteiger partial charge on any atom is 0.00664 e. The third kappa shape index (κ3) is 4.12. The Kier molecular flexibility index (Phi) is 5.07. The first-order valence-electron chi connectivity index (χ1n) is 6.41. The van der Waals surface area contributed by atoms with Crippen molar-refractivity contribution in [2.45, 2.75) is 40.2 Å². The molecular formula is C13H28N2. The van der Waals surface area contributed by atoms with Crippen molar-refractivity contribution in [3.05, 3.63) is 0 Å². The Morgan fingerprint density at radius 3 is 2.40 bits per heavy atom. The standard InChI is InChI=1S/C13H28N2/c1-10(2)6-12(4)15(5)9-13-8-14-7-11(13)3/h10-14H,6-9H2,1-5H3. The molecule has 0 spiro atoms. The third-order valence-corrected chi connectivity index (χ3v) is 3.77. The molecule has 1 heterocycles. The van der Waals surface area contributed by atoms with Gasteiger partial charge in [0.15, 0.2) is 0 Å². The molecule has 0 aromatic rings. The van der Waals surface area contributed by atoms with Crippen LogP contribution in [0.25, 0.3) is 0 Å².